The van der Waals surface area contributed by atoms with Gasteiger partial charge in [0.05, 0.1) is 12.0 Å². The summed E-state index contributed by atoms with van der Waals surface area (Å²) in [6.45, 7) is 3.04. The van der Waals surface area contributed by atoms with E-state index in [1.165, 1.54) is 6.42 Å². The lowest BCUT2D eigenvalue weighted by molar-refractivity contribution is -0.124. The predicted octanol–water partition coefficient (Wildman–Crippen LogP) is 2.07. The Bertz CT molecular complexity index is 405. The highest BCUT2D eigenvalue weighted by molar-refractivity contribution is 5.89. The highest BCUT2D eigenvalue weighted by atomic mass is 16.1. The van der Waals surface area contributed by atoms with Gasteiger partial charge in [0.1, 0.15) is 5.82 Å². The second-order valence-electron chi connectivity index (χ2n) is 5.35. The molecule has 18 heavy (non-hydrogen) atoms. The number of carbonyl (C=O) groups is 1. The Hall–Kier alpha value is -1.16. The van der Waals surface area contributed by atoms with Crippen LogP contribution in [0, 0.1) is 0 Å². The van der Waals surface area contributed by atoms with Crippen LogP contribution in [0.3, 0.4) is 0 Å². The van der Waals surface area contributed by atoms with Crippen LogP contribution in [0.25, 0.3) is 0 Å². The van der Waals surface area contributed by atoms with Crippen molar-refractivity contribution in [1.29, 1.82) is 0 Å². The first-order valence-electron chi connectivity index (χ1n) is 6.98. The third-order valence-electron chi connectivity index (χ3n) is 3.89. The van der Waals surface area contributed by atoms with Crippen LogP contribution in [0.15, 0.2) is 12.4 Å². The van der Waals surface area contributed by atoms with Crippen molar-refractivity contribution in [3.8, 4) is 0 Å². The van der Waals surface area contributed by atoms with Crippen LogP contribution >= 0.6 is 0 Å². The summed E-state index contributed by atoms with van der Waals surface area (Å²) in [6.07, 6.45) is 10.2. The van der Waals surface area contributed by atoms with E-state index in [4.69, 9.17) is 5.73 Å². The smallest absolute Gasteiger partial charge is 0.160 e. The van der Waals surface area contributed by atoms with E-state index < -0.39 is 5.54 Å². The van der Waals surface area contributed by atoms with Crippen molar-refractivity contribution >= 4 is 5.78 Å². The number of nitrogens with zero attached hydrogens (tertiary/aromatic N) is 2. The van der Waals surface area contributed by atoms with Crippen LogP contribution in [0.5, 0.6) is 0 Å². The molecule has 1 aliphatic rings. The van der Waals surface area contributed by atoms with Crippen LogP contribution in [-0.4, -0.2) is 20.9 Å². The van der Waals surface area contributed by atoms with Gasteiger partial charge in [-0.25, -0.2) is 4.98 Å². The van der Waals surface area contributed by atoms with Crippen LogP contribution in [-0.2, 0) is 17.8 Å². The van der Waals surface area contributed by atoms with E-state index in [1.54, 1.807) is 6.20 Å². The van der Waals surface area contributed by atoms with Gasteiger partial charge >= 0.3 is 0 Å². The average molecular weight is 249 g/mol. The molecule has 0 saturated heterocycles. The number of rotatable bonds is 5. The van der Waals surface area contributed by atoms with Crippen LogP contribution < -0.4 is 5.73 Å². The second-order valence-corrected chi connectivity index (χ2v) is 5.35. The fourth-order valence-electron chi connectivity index (χ4n) is 2.73. The zero-order chi connectivity index (χ0) is 13.0. The first kappa shape index (κ1) is 13.3. The summed E-state index contributed by atoms with van der Waals surface area (Å²) < 4.78 is 2.06. The quantitative estimate of drug-likeness (QED) is 0.869. The maximum absolute atomic E-state index is 12.4. The molecule has 1 saturated carbocycles. The Morgan fingerprint density at radius 3 is 2.83 bits per heavy atom. The van der Waals surface area contributed by atoms with Crippen LogP contribution in [0.2, 0.25) is 0 Å². The Morgan fingerprint density at radius 2 is 2.17 bits per heavy atom. The van der Waals surface area contributed by atoms with E-state index in [-0.39, 0.29) is 5.78 Å². The fourth-order valence-corrected chi connectivity index (χ4v) is 2.73. The number of Topliss-reactive ketones (excluding diaryl/α,β-unsaturated/α-hetero) is 1. The van der Waals surface area contributed by atoms with E-state index in [0.717, 1.165) is 44.5 Å². The van der Waals surface area contributed by atoms with Gasteiger partial charge in [-0.1, -0.05) is 26.2 Å². The molecule has 0 atom stereocenters. The van der Waals surface area contributed by atoms with Crippen molar-refractivity contribution in [2.24, 2.45) is 5.73 Å². The lowest BCUT2D eigenvalue weighted by Crippen LogP contribution is -2.50. The number of ketones is 1. The minimum atomic E-state index is -0.596. The highest BCUT2D eigenvalue weighted by Crippen LogP contribution is 2.27. The van der Waals surface area contributed by atoms with Crippen molar-refractivity contribution in [1.82, 2.24) is 9.55 Å². The van der Waals surface area contributed by atoms with Crippen molar-refractivity contribution in [3.63, 3.8) is 0 Å². The number of hydrogen-bond donors (Lipinski definition) is 1. The van der Waals surface area contributed by atoms with Crippen LogP contribution in [0.4, 0.5) is 0 Å². The molecule has 1 heterocycles. The summed E-state index contributed by atoms with van der Waals surface area (Å²) in [4.78, 5) is 16.7. The molecule has 0 unspecified atom stereocenters. The third-order valence-corrected chi connectivity index (χ3v) is 3.89. The minimum Gasteiger partial charge on any atom is -0.335 e. The highest BCUT2D eigenvalue weighted by Gasteiger charge is 2.35. The molecular formula is C14H23N3O. The van der Waals surface area contributed by atoms with Gasteiger partial charge in [0.25, 0.3) is 0 Å². The molecule has 1 aromatic rings. The second kappa shape index (κ2) is 5.65. The summed E-state index contributed by atoms with van der Waals surface area (Å²) in [5.41, 5.74) is 5.66. The molecule has 1 aromatic heterocycles. The van der Waals surface area contributed by atoms with E-state index in [0.29, 0.717) is 6.42 Å². The molecule has 0 radical (unpaired) electrons. The zero-order valence-corrected chi connectivity index (χ0v) is 11.2. The topological polar surface area (TPSA) is 60.9 Å². The number of nitrogens with two attached hydrogens (primary N) is 1. The van der Waals surface area contributed by atoms with Crippen molar-refractivity contribution in [2.45, 2.75) is 64.0 Å². The standard InChI is InChI=1S/C14H23N3O/c1-2-9-17-10-8-16-13(17)11-12(18)14(15)6-4-3-5-7-14/h8,10H,2-7,9,11,15H2,1H3. The van der Waals surface area contributed by atoms with E-state index >= 15 is 0 Å². The van der Waals surface area contributed by atoms with Crippen molar-refractivity contribution in [2.75, 3.05) is 0 Å². The van der Waals surface area contributed by atoms with Gasteiger partial charge in [0, 0.05) is 18.9 Å². The monoisotopic (exact) mass is 249 g/mol. The molecule has 2 rings (SSSR count). The van der Waals surface area contributed by atoms with Gasteiger partial charge in [-0.2, -0.15) is 0 Å². The maximum atomic E-state index is 12.4. The minimum absolute atomic E-state index is 0.158. The summed E-state index contributed by atoms with van der Waals surface area (Å²) in [5.74, 6) is 1.02. The van der Waals surface area contributed by atoms with Gasteiger partial charge in [0.2, 0.25) is 0 Å². The van der Waals surface area contributed by atoms with E-state index in [1.807, 2.05) is 6.20 Å². The first-order chi connectivity index (χ1) is 8.65. The Labute approximate surface area is 109 Å². The summed E-state index contributed by atoms with van der Waals surface area (Å²) in [6, 6.07) is 0. The Morgan fingerprint density at radius 1 is 1.44 bits per heavy atom. The number of hydrogen-bond acceptors (Lipinski definition) is 3. The lowest BCUT2D eigenvalue weighted by Gasteiger charge is -2.31. The van der Waals surface area contributed by atoms with Crippen molar-refractivity contribution in [3.05, 3.63) is 18.2 Å². The zero-order valence-electron chi connectivity index (χ0n) is 11.2. The summed E-state index contributed by atoms with van der Waals surface area (Å²) in [7, 11) is 0. The molecule has 0 amide bonds. The summed E-state index contributed by atoms with van der Waals surface area (Å²) in [5, 5.41) is 0. The molecule has 0 spiro atoms. The Kier molecular flexibility index (Phi) is 4.17. The molecule has 4 heteroatoms. The predicted molar refractivity (Wildman–Crippen MR) is 71.2 cm³/mol. The lowest BCUT2D eigenvalue weighted by atomic mass is 9.78. The molecule has 1 fully saturated rings. The number of carbonyl (C=O) groups excluding carboxylic acids is 1. The van der Waals surface area contributed by atoms with E-state index in [9.17, 15) is 4.79 Å². The molecule has 0 bridgehead atoms. The number of imidazole rings is 1. The van der Waals surface area contributed by atoms with Crippen molar-refractivity contribution < 1.29 is 4.79 Å². The molecule has 0 aromatic carbocycles. The van der Waals surface area contributed by atoms with Gasteiger partial charge < -0.3 is 10.3 Å². The third kappa shape index (κ3) is 2.80. The molecule has 1 aliphatic carbocycles. The maximum Gasteiger partial charge on any atom is 0.160 e. The number of aryl methyl sites for hydroxylation is 1. The largest absolute Gasteiger partial charge is 0.335 e. The summed E-state index contributed by atoms with van der Waals surface area (Å²) >= 11 is 0. The SMILES string of the molecule is CCCn1ccnc1CC(=O)C1(N)CCCCC1. The first-order valence-corrected chi connectivity index (χ1v) is 6.98. The average Bonchev–Trinajstić information content (AvgIpc) is 2.78. The van der Waals surface area contributed by atoms with Gasteiger partial charge in [-0.15, -0.1) is 0 Å². The van der Waals surface area contributed by atoms with Gasteiger partial charge in [-0.05, 0) is 19.3 Å². The normalized spacial score (nSPS) is 18.8. The molecular weight excluding hydrogens is 226 g/mol. The molecule has 0 aliphatic heterocycles. The van der Waals surface area contributed by atoms with Gasteiger partial charge in [-0.3, -0.25) is 4.79 Å². The van der Waals surface area contributed by atoms with E-state index in [2.05, 4.69) is 16.5 Å². The van der Waals surface area contributed by atoms with Gasteiger partial charge in [0.15, 0.2) is 5.78 Å². The number of aromatic nitrogens is 2. The Balaban J connectivity index is 2.03. The fraction of sp³-hybridized carbons (Fsp3) is 0.714. The van der Waals surface area contributed by atoms with Crippen LogP contribution in [0.1, 0.15) is 51.3 Å². The molecule has 2 N–H and O–H groups in total. The molecule has 4 nitrogen and oxygen atoms in total. The molecule has 100 valence electrons.